The molecule has 1 nitrogen and oxygen atoms in total. The fourth-order valence-electron chi connectivity index (χ4n) is 3.42. The third-order valence-electron chi connectivity index (χ3n) is 4.65. The van der Waals surface area contributed by atoms with Crippen molar-refractivity contribution in [3.05, 3.63) is 81.2 Å². The van der Waals surface area contributed by atoms with Crippen molar-refractivity contribution in [1.82, 2.24) is 0 Å². The van der Waals surface area contributed by atoms with Crippen LogP contribution in [-0.2, 0) is 25.7 Å². The molecule has 0 aromatic heterocycles. The van der Waals surface area contributed by atoms with Crippen LogP contribution in [0.5, 0.6) is 0 Å². The van der Waals surface area contributed by atoms with Crippen LogP contribution in [0.25, 0.3) is 12.3 Å². The minimum absolute atomic E-state index is 0.811. The van der Waals surface area contributed by atoms with E-state index in [-0.39, 0.29) is 0 Å². The molecule has 2 rings (SSSR count). The second-order valence-corrected chi connectivity index (χ2v) is 6.95. The summed E-state index contributed by atoms with van der Waals surface area (Å²) in [4.78, 5) is 4.71. The number of rotatable bonds is 7. The van der Waals surface area contributed by atoms with Crippen LogP contribution in [-0.4, -0.2) is 6.21 Å². The molecule has 0 heterocycles. The van der Waals surface area contributed by atoms with Crippen LogP contribution in [0.3, 0.4) is 0 Å². The molecule has 0 atom stereocenters. The number of aliphatic imine (C=N–C) groups is 1. The van der Waals surface area contributed by atoms with Crippen LogP contribution in [0.2, 0.25) is 0 Å². The molecule has 0 aliphatic heterocycles. The fourth-order valence-corrected chi connectivity index (χ4v) is 3.42. The van der Waals surface area contributed by atoms with Gasteiger partial charge in [0.05, 0.1) is 5.70 Å². The molecule has 0 bridgehead atoms. The molecule has 0 amide bonds. The molecule has 136 valence electrons. The molecule has 2 aromatic carbocycles. The molecule has 2 aromatic rings. The Hall–Kier alpha value is -2.41. The molecule has 1 heteroatoms. The molecule has 0 fully saturated rings. The van der Waals surface area contributed by atoms with Crippen LogP contribution in [0.4, 0.5) is 0 Å². The highest BCUT2D eigenvalue weighted by molar-refractivity contribution is 5.64. The summed E-state index contributed by atoms with van der Waals surface area (Å²) in [7, 11) is 0. The number of aryl methyl sites for hydroxylation is 2. The van der Waals surface area contributed by atoms with Gasteiger partial charge >= 0.3 is 0 Å². The van der Waals surface area contributed by atoms with Crippen molar-refractivity contribution in [2.24, 2.45) is 4.99 Å². The van der Waals surface area contributed by atoms with E-state index in [0.717, 1.165) is 36.6 Å². The fraction of sp³-hybridized carbons (Fsp3) is 0.320. The molecule has 0 N–H and O–H groups in total. The second kappa shape index (κ2) is 9.33. The van der Waals surface area contributed by atoms with E-state index in [9.17, 15) is 0 Å². The average Bonchev–Trinajstić information content (AvgIpc) is 2.61. The second-order valence-electron chi connectivity index (χ2n) is 6.95. The van der Waals surface area contributed by atoms with Crippen LogP contribution in [0, 0.1) is 0 Å². The molecule has 0 spiro atoms. The minimum Gasteiger partial charge on any atom is -0.265 e. The Bertz CT molecular complexity index is 916. The first kappa shape index (κ1) is 19.9. The lowest BCUT2D eigenvalue weighted by atomic mass is 9.98. The average molecular weight is 346 g/mol. The van der Waals surface area contributed by atoms with Gasteiger partial charge in [0.25, 0.3) is 0 Å². The summed E-state index contributed by atoms with van der Waals surface area (Å²) in [6, 6.07) is 13.3. The maximum Gasteiger partial charge on any atom is 0.0521 e. The van der Waals surface area contributed by atoms with Gasteiger partial charge in [-0.3, -0.25) is 4.99 Å². The van der Waals surface area contributed by atoms with Crippen molar-refractivity contribution in [3.63, 3.8) is 0 Å². The minimum atomic E-state index is 0.811. The van der Waals surface area contributed by atoms with Gasteiger partial charge in [-0.25, -0.2) is 0 Å². The summed E-state index contributed by atoms with van der Waals surface area (Å²) in [5.74, 6) is 0. The maximum atomic E-state index is 4.71. The van der Waals surface area contributed by atoms with Crippen LogP contribution in [0.1, 0.15) is 49.9 Å². The first-order chi connectivity index (χ1) is 12.5. The topological polar surface area (TPSA) is 12.4 Å². The third-order valence-corrected chi connectivity index (χ3v) is 4.65. The Morgan fingerprint density at radius 2 is 1.62 bits per heavy atom. The molecule has 0 saturated heterocycles. The zero-order chi connectivity index (χ0) is 19.1. The molecular formula is C25H31N. The summed E-state index contributed by atoms with van der Waals surface area (Å²) in [6.07, 6.45) is 5.69. The highest BCUT2D eigenvalue weighted by Gasteiger charge is 2.05. The van der Waals surface area contributed by atoms with Gasteiger partial charge in [0.15, 0.2) is 0 Å². The SMILES string of the molecule is C=C(C)Cc1cccc(C/C(N=CC)=c2\cc(CC)c(CC)cc2=C)c1. The number of benzene rings is 2. The van der Waals surface area contributed by atoms with Gasteiger partial charge in [-0.1, -0.05) is 62.9 Å². The van der Waals surface area contributed by atoms with Crippen molar-refractivity contribution in [3.8, 4) is 0 Å². The lowest BCUT2D eigenvalue weighted by Crippen LogP contribution is -2.28. The molecule has 0 aliphatic carbocycles. The summed E-state index contributed by atoms with van der Waals surface area (Å²) < 4.78 is 0. The Kier molecular flexibility index (Phi) is 7.15. The van der Waals surface area contributed by atoms with Gasteiger partial charge in [0.1, 0.15) is 0 Å². The predicted octanol–water partition coefficient (Wildman–Crippen LogP) is 4.78. The maximum absolute atomic E-state index is 4.71. The molecule has 0 aliphatic rings. The van der Waals surface area contributed by atoms with E-state index < -0.39 is 0 Å². The van der Waals surface area contributed by atoms with Crippen LogP contribution in [0.15, 0.2) is 53.5 Å². The van der Waals surface area contributed by atoms with Gasteiger partial charge < -0.3 is 0 Å². The predicted molar refractivity (Wildman–Crippen MR) is 116 cm³/mol. The van der Waals surface area contributed by atoms with Gasteiger partial charge in [0, 0.05) is 17.9 Å². The lowest BCUT2D eigenvalue weighted by Gasteiger charge is -2.10. The Labute approximate surface area is 158 Å². The van der Waals surface area contributed by atoms with Crippen LogP contribution >= 0.6 is 0 Å². The molecular weight excluding hydrogens is 314 g/mol. The standard InChI is InChI=1S/C25H31N/c1-7-22-14-19(6)24(17-23(22)8-2)25(26-9-3)16-21-12-10-11-20(15-21)13-18(4)5/h9-12,14-15,17H,4,6-8,13,16H2,1-3,5H3/b25-24-,26-9?. The van der Waals surface area contributed by atoms with Gasteiger partial charge in [-0.15, -0.1) is 0 Å². The van der Waals surface area contributed by atoms with E-state index in [1.165, 1.54) is 33.0 Å². The monoisotopic (exact) mass is 345 g/mol. The lowest BCUT2D eigenvalue weighted by molar-refractivity contribution is 1.03. The Morgan fingerprint density at radius 1 is 1.00 bits per heavy atom. The van der Waals surface area contributed by atoms with E-state index in [4.69, 9.17) is 4.99 Å². The van der Waals surface area contributed by atoms with Crippen molar-refractivity contribution >= 4 is 18.5 Å². The first-order valence-corrected chi connectivity index (χ1v) is 9.53. The summed E-state index contributed by atoms with van der Waals surface area (Å²) in [5.41, 5.74) is 7.64. The molecule has 0 radical (unpaired) electrons. The molecule has 0 unspecified atom stereocenters. The van der Waals surface area contributed by atoms with Gasteiger partial charge in [0.2, 0.25) is 0 Å². The van der Waals surface area contributed by atoms with Crippen molar-refractivity contribution in [2.75, 3.05) is 0 Å². The van der Waals surface area contributed by atoms with E-state index in [1.807, 2.05) is 13.1 Å². The van der Waals surface area contributed by atoms with Crippen molar-refractivity contribution in [2.45, 2.75) is 53.4 Å². The Balaban J connectivity index is 2.55. The zero-order valence-electron chi connectivity index (χ0n) is 16.7. The van der Waals surface area contributed by atoms with Crippen molar-refractivity contribution < 1.29 is 0 Å². The number of hydrogen-bond acceptors (Lipinski definition) is 1. The van der Waals surface area contributed by atoms with E-state index in [0.29, 0.717) is 0 Å². The first-order valence-electron chi connectivity index (χ1n) is 9.53. The zero-order valence-corrected chi connectivity index (χ0v) is 16.7. The van der Waals surface area contributed by atoms with Crippen LogP contribution < -0.4 is 10.4 Å². The summed E-state index contributed by atoms with van der Waals surface area (Å²) in [5, 5.41) is 2.24. The smallest absolute Gasteiger partial charge is 0.0521 e. The molecule has 0 saturated carbocycles. The quantitative estimate of drug-likeness (QED) is 0.506. The van der Waals surface area contributed by atoms with E-state index in [2.05, 4.69) is 70.3 Å². The summed E-state index contributed by atoms with van der Waals surface area (Å²) in [6.45, 7) is 16.8. The number of hydrogen-bond donors (Lipinski definition) is 0. The highest BCUT2D eigenvalue weighted by atomic mass is 14.7. The van der Waals surface area contributed by atoms with E-state index in [1.54, 1.807) is 0 Å². The normalized spacial score (nSPS) is 12.5. The number of allylic oxidation sites excluding steroid dienone is 1. The van der Waals surface area contributed by atoms with Crippen molar-refractivity contribution in [1.29, 1.82) is 0 Å². The largest absolute Gasteiger partial charge is 0.265 e. The van der Waals surface area contributed by atoms with E-state index >= 15 is 0 Å². The van der Waals surface area contributed by atoms with Gasteiger partial charge in [-0.2, -0.15) is 0 Å². The third kappa shape index (κ3) is 5.05. The van der Waals surface area contributed by atoms with Gasteiger partial charge in [-0.05, 0) is 66.6 Å². The Morgan fingerprint density at radius 3 is 2.19 bits per heavy atom. The summed E-state index contributed by atoms with van der Waals surface area (Å²) >= 11 is 0. The highest BCUT2D eigenvalue weighted by Crippen LogP contribution is 2.14. The number of nitrogens with zero attached hydrogens (tertiary/aromatic N) is 1. The molecule has 26 heavy (non-hydrogen) atoms.